The maximum atomic E-state index is 12.0. The van der Waals surface area contributed by atoms with Gasteiger partial charge in [0.1, 0.15) is 11.8 Å². The van der Waals surface area contributed by atoms with Crippen LogP contribution in [0, 0.1) is 0 Å². The second kappa shape index (κ2) is 8.11. The highest BCUT2D eigenvalue weighted by Crippen LogP contribution is 2.23. The van der Waals surface area contributed by atoms with E-state index in [9.17, 15) is 9.59 Å². The number of anilines is 1. The number of rotatable bonds is 7. The minimum atomic E-state index is -0.865. The second-order valence-corrected chi connectivity index (χ2v) is 4.57. The highest BCUT2D eigenvalue weighted by molar-refractivity contribution is 5.97. The lowest BCUT2D eigenvalue weighted by Gasteiger charge is -2.30. The number of urea groups is 1. The molecule has 1 aromatic rings. The molecule has 0 radical (unpaired) electrons. The molecule has 7 heteroatoms. The Morgan fingerprint density at radius 2 is 2.14 bits per heavy atom. The van der Waals surface area contributed by atoms with Gasteiger partial charge in [-0.25, -0.2) is 4.79 Å². The fourth-order valence-corrected chi connectivity index (χ4v) is 1.96. The number of primary amides is 1. The van der Waals surface area contributed by atoms with Gasteiger partial charge in [-0.1, -0.05) is 6.07 Å². The van der Waals surface area contributed by atoms with Crippen LogP contribution in [0.15, 0.2) is 24.3 Å². The van der Waals surface area contributed by atoms with Crippen molar-refractivity contribution < 1.29 is 14.3 Å². The maximum Gasteiger partial charge on any atom is 0.318 e. The number of carbonyl (C=O) groups excluding carboxylic acids is 2. The zero-order valence-electron chi connectivity index (χ0n) is 12.3. The van der Waals surface area contributed by atoms with Gasteiger partial charge in [0.2, 0.25) is 5.91 Å². The normalized spacial score (nSPS) is 11.6. The Morgan fingerprint density at radius 3 is 2.71 bits per heavy atom. The highest BCUT2D eigenvalue weighted by Gasteiger charge is 2.22. The van der Waals surface area contributed by atoms with Crippen molar-refractivity contribution in [1.82, 2.24) is 5.32 Å². The van der Waals surface area contributed by atoms with E-state index in [2.05, 4.69) is 5.32 Å². The first kappa shape index (κ1) is 16.8. The molecule has 1 rings (SSSR count). The molecule has 0 aliphatic heterocycles. The van der Waals surface area contributed by atoms with Crippen LogP contribution in [-0.2, 0) is 4.79 Å². The van der Waals surface area contributed by atoms with E-state index in [0.717, 1.165) is 5.69 Å². The van der Waals surface area contributed by atoms with Crippen molar-refractivity contribution in [3.8, 4) is 5.75 Å². The van der Waals surface area contributed by atoms with E-state index in [1.54, 1.807) is 14.0 Å². The van der Waals surface area contributed by atoms with Crippen LogP contribution in [-0.4, -0.2) is 38.2 Å². The van der Waals surface area contributed by atoms with Gasteiger partial charge in [-0.05, 0) is 32.0 Å². The highest BCUT2D eigenvalue weighted by atomic mass is 16.5. The molecule has 21 heavy (non-hydrogen) atoms. The van der Waals surface area contributed by atoms with Crippen molar-refractivity contribution in [2.45, 2.75) is 19.4 Å². The Balaban J connectivity index is 2.97. The zero-order valence-corrected chi connectivity index (χ0v) is 12.3. The molecule has 0 spiro atoms. The predicted molar refractivity (Wildman–Crippen MR) is 81.2 cm³/mol. The van der Waals surface area contributed by atoms with E-state index in [1.165, 1.54) is 0 Å². The molecule has 0 aromatic heterocycles. The van der Waals surface area contributed by atoms with Crippen LogP contribution >= 0.6 is 0 Å². The first-order valence-electron chi connectivity index (χ1n) is 6.70. The van der Waals surface area contributed by atoms with E-state index in [-0.39, 0.29) is 0 Å². The molecule has 0 bridgehead atoms. The summed E-state index contributed by atoms with van der Waals surface area (Å²) < 4.78 is 5.19. The Morgan fingerprint density at radius 1 is 1.43 bits per heavy atom. The van der Waals surface area contributed by atoms with Crippen LogP contribution in [0.3, 0.4) is 0 Å². The van der Waals surface area contributed by atoms with Crippen LogP contribution in [0.1, 0.15) is 13.3 Å². The summed E-state index contributed by atoms with van der Waals surface area (Å²) in [5, 5.41) is 2.09. The van der Waals surface area contributed by atoms with Gasteiger partial charge in [0.15, 0.2) is 0 Å². The summed E-state index contributed by atoms with van der Waals surface area (Å²) in [6, 6.07) is 5.92. The number of ether oxygens (including phenoxy) is 1. The molecule has 5 N–H and O–H groups in total. The van der Waals surface area contributed by atoms with E-state index in [4.69, 9.17) is 16.2 Å². The molecular formula is C14H22N4O3. The number of hydrogen-bond acceptors (Lipinski definition) is 5. The van der Waals surface area contributed by atoms with Crippen LogP contribution in [0.5, 0.6) is 5.75 Å². The number of imide groups is 1. The van der Waals surface area contributed by atoms with Gasteiger partial charge in [-0.2, -0.15) is 0 Å². The molecule has 7 nitrogen and oxygen atoms in total. The van der Waals surface area contributed by atoms with Gasteiger partial charge in [-0.15, -0.1) is 0 Å². The largest absolute Gasteiger partial charge is 0.497 e. The molecule has 0 saturated carbocycles. The predicted octanol–water partition coefficient (Wildman–Crippen LogP) is 0.434. The summed E-state index contributed by atoms with van der Waals surface area (Å²) in [6.45, 7) is 2.79. The average Bonchev–Trinajstić information content (AvgIpc) is 2.47. The quantitative estimate of drug-likeness (QED) is 0.675. The molecule has 0 aliphatic carbocycles. The summed E-state index contributed by atoms with van der Waals surface area (Å²) >= 11 is 0. The fraction of sp³-hybridized carbons (Fsp3) is 0.429. The monoisotopic (exact) mass is 294 g/mol. The minimum Gasteiger partial charge on any atom is -0.497 e. The van der Waals surface area contributed by atoms with Gasteiger partial charge in [0, 0.05) is 18.3 Å². The van der Waals surface area contributed by atoms with Crippen LogP contribution < -0.4 is 26.4 Å². The van der Waals surface area contributed by atoms with Crippen molar-refractivity contribution >= 4 is 17.6 Å². The number of benzene rings is 1. The molecule has 1 aromatic carbocycles. The maximum absolute atomic E-state index is 12.0. The van der Waals surface area contributed by atoms with Gasteiger partial charge < -0.3 is 21.1 Å². The summed E-state index contributed by atoms with van der Waals surface area (Å²) in [5.41, 5.74) is 11.3. The second-order valence-electron chi connectivity index (χ2n) is 4.57. The summed E-state index contributed by atoms with van der Waals surface area (Å²) in [4.78, 5) is 24.6. The van der Waals surface area contributed by atoms with Crippen LogP contribution in [0.4, 0.5) is 10.5 Å². The standard InChI is InChI=1S/C14H22N4O3/c1-10(13(19)17-14(16)20)18(8-4-7-15)11-5-3-6-12(9-11)21-2/h3,5-6,9-10H,4,7-8,15H2,1-2H3,(H3,16,17,19,20). The molecule has 0 saturated heterocycles. The smallest absolute Gasteiger partial charge is 0.318 e. The Kier molecular flexibility index (Phi) is 6.48. The molecule has 0 fully saturated rings. The molecule has 3 amide bonds. The summed E-state index contributed by atoms with van der Waals surface area (Å²) in [6.07, 6.45) is 0.714. The first-order chi connectivity index (χ1) is 9.99. The first-order valence-corrected chi connectivity index (χ1v) is 6.70. The molecule has 116 valence electrons. The average molecular weight is 294 g/mol. The number of amides is 3. The zero-order chi connectivity index (χ0) is 15.8. The SMILES string of the molecule is COc1cccc(N(CCCN)C(C)C(=O)NC(N)=O)c1. The Hall–Kier alpha value is -2.28. The number of nitrogens with two attached hydrogens (primary N) is 2. The molecule has 1 unspecified atom stereocenters. The molecule has 0 heterocycles. The molecular weight excluding hydrogens is 272 g/mol. The van der Waals surface area contributed by atoms with Gasteiger partial charge in [-0.3, -0.25) is 10.1 Å². The third kappa shape index (κ3) is 4.96. The molecule has 1 atom stereocenters. The third-order valence-corrected chi connectivity index (χ3v) is 3.08. The van der Waals surface area contributed by atoms with E-state index in [1.807, 2.05) is 29.2 Å². The minimum absolute atomic E-state index is 0.456. The van der Waals surface area contributed by atoms with Crippen LogP contribution in [0.25, 0.3) is 0 Å². The number of carbonyl (C=O) groups is 2. The Labute approximate surface area is 124 Å². The lowest BCUT2D eigenvalue weighted by molar-refractivity contribution is -0.120. The van der Waals surface area contributed by atoms with E-state index in [0.29, 0.717) is 25.3 Å². The van der Waals surface area contributed by atoms with Crippen molar-refractivity contribution in [1.29, 1.82) is 0 Å². The van der Waals surface area contributed by atoms with Crippen molar-refractivity contribution in [2.24, 2.45) is 11.5 Å². The number of hydrogen-bond donors (Lipinski definition) is 3. The van der Waals surface area contributed by atoms with E-state index < -0.39 is 18.0 Å². The van der Waals surface area contributed by atoms with Crippen molar-refractivity contribution in [2.75, 3.05) is 25.1 Å². The number of nitrogens with zero attached hydrogens (tertiary/aromatic N) is 1. The summed E-state index contributed by atoms with van der Waals surface area (Å²) in [5.74, 6) is 0.232. The van der Waals surface area contributed by atoms with Gasteiger partial charge >= 0.3 is 6.03 Å². The van der Waals surface area contributed by atoms with Crippen LogP contribution in [0.2, 0.25) is 0 Å². The number of methoxy groups -OCH3 is 1. The number of nitrogens with one attached hydrogen (secondary N) is 1. The van der Waals surface area contributed by atoms with Crippen molar-refractivity contribution in [3.63, 3.8) is 0 Å². The van der Waals surface area contributed by atoms with E-state index >= 15 is 0 Å². The lowest BCUT2D eigenvalue weighted by atomic mass is 10.2. The summed E-state index contributed by atoms with van der Waals surface area (Å²) in [7, 11) is 1.58. The third-order valence-electron chi connectivity index (χ3n) is 3.08. The Bertz CT molecular complexity index is 493. The lowest BCUT2D eigenvalue weighted by Crippen LogP contribution is -2.49. The topological polar surface area (TPSA) is 111 Å². The molecule has 0 aliphatic rings. The van der Waals surface area contributed by atoms with Gasteiger partial charge in [0.05, 0.1) is 7.11 Å². The van der Waals surface area contributed by atoms with Gasteiger partial charge in [0.25, 0.3) is 0 Å². The van der Waals surface area contributed by atoms with Crippen molar-refractivity contribution in [3.05, 3.63) is 24.3 Å². The fourth-order valence-electron chi connectivity index (χ4n) is 1.96.